The van der Waals surface area contributed by atoms with E-state index < -0.39 is 0 Å². The molecule has 0 saturated carbocycles. The number of aromatic amines is 1. The predicted molar refractivity (Wildman–Crippen MR) is 138 cm³/mol. The van der Waals surface area contributed by atoms with E-state index in [4.69, 9.17) is 15.2 Å². The van der Waals surface area contributed by atoms with Crippen molar-refractivity contribution in [3.63, 3.8) is 0 Å². The lowest BCUT2D eigenvalue weighted by molar-refractivity contribution is -0.0796. The van der Waals surface area contributed by atoms with E-state index in [0.29, 0.717) is 46.4 Å². The maximum atomic E-state index is 10.0. The second-order valence-corrected chi connectivity index (χ2v) is 8.56. The summed E-state index contributed by atoms with van der Waals surface area (Å²) in [6, 6.07) is 19.8. The number of nitrogens with two attached hydrogens (primary N) is 1. The molecule has 1 aliphatic heterocycles. The van der Waals surface area contributed by atoms with Crippen LogP contribution in [0.15, 0.2) is 59.8 Å². The fourth-order valence-electron chi connectivity index (χ4n) is 3.79. The third kappa shape index (κ3) is 4.95. The molecule has 4 aromatic rings. The zero-order valence-electron chi connectivity index (χ0n) is 19.5. The fraction of sp³-hybridized carbons (Fsp3) is 0.222. The summed E-state index contributed by atoms with van der Waals surface area (Å²) in [5.41, 5.74) is 10.1. The molecular formula is C27H25N5O2S. The summed E-state index contributed by atoms with van der Waals surface area (Å²) in [5.74, 6) is 1.43. The number of nitriles is 2. The van der Waals surface area contributed by atoms with Gasteiger partial charge >= 0.3 is 0 Å². The van der Waals surface area contributed by atoms with Crippen molar-refractivity contribution in [3.05, 3.63) is 71.4 Å². The van der Waals surface area contributed by atoms with Gasteiger partial charge in [-0.05, 0) is 35.4 Å². The van der Waals surface area contributed by atoms with E-state index in [2.05, 4.69) is 28.2 Å². The lowest BCUT2D eigenvalue weighted by Gasteiger charge is -2.26. The van der Waals surface area contributed by atoms with Crippen LogP contribution in [0, 0.1) is 22.7 Å². The molecular weight excluding hydrogens is 458 g/mol. The van der Waals surface area contributed by atoms with E-state index in [1.807, 2.05) is 62.5 Å². The number of pyridine rings is 1. The lowest BCUT2D eigenvalue weighted by Crippen LogP contribution is -2.38. The van der Waals surface area contributed by atoms with Gasteiger partial charge in [0.15, 0.2) is 0 Å². The Bertz CT molecular complexity index is 1410. The fourth-order valence-corrected chi connectivity index (χ4v) is 4.79. The van der Waals surface area contributed by atoms with Gasteiger partial charge in [-0.1, -0.05) is 38.1 Å². The van der Waals surface area contributed by atoms with Crippen molar-refractivity contribution in [2.45, 2.75) is 30.7 Å². The molecule has 7 nitrogen and oxygen atoms in total. The zero-order valence-corrected chi connectivity index (χ0v) is 20.4. The maximum Gasteiger partial charge on any atom is 0.145 e. The molecule has 3 heterocycles. The number of hydrogen-bond donors (Lipinski definition) is 2. The highest BCUT2D eigenvalue weighted by Gasteiger charge is 2.22. The van der Waals surface area contributed by atoms with Crippen molar-refractivity contribution in [1.82, 2.24) is 9.97 Å². The van der Waals surface area contributed by atoms with Crippen LogP contribution in [0.1, 0.15) is 30.5 Å². The molecule has 0 aliphatic carbocycles. The number of fused-ring (bicyclic) bond motifs is 1. The van der Waals surface area contributed by atoms with Crippen LogP contribution in [0.25, 0.3) is 22.0 Å². The van der Waals surface area contributed by atoms with Crippen LogP contribution >= 0.6 is 11.8 Å². The number of thioether (sulfide) groups is 1. The van der Waals surface area contributed by atoms with Crippen molar-refractivity contribution in [1.29, 1.82) is 10.5 Å². The number of anilines is 1. The standard InChI is InChI=1S/C25H19N5O2S.C2H6/c26-10-20-23(15-4-6-17(7-5-15)32-18-12-31-13-18)21(11-27)25(30-24(20)28)33-14-16-2-1-3-22-19(16)8-9-29-22;1-2/h1-9,18,29H,12-14H2,(H2,28,30);1-2H3. The number of nitrogens with one attached hydrogen (secondary N) is 1. The van der Waals surface area contributed by atoms with Gasteiger partial charge in [0.05, 0.1) is 18.8 Å². The topological polar surface area (TPSA) is 121 Å². The number of aromatic nitrogens is 2. The first-order chi connectivity index (χ1) is 17.2. The Morgan fingerprint density at radius 3 is 2.49 bits per heavy atom. The molecule has 0 radical (unpaired) electrons. The molecule has 0 amide bonds. The van der Waals surface area contributed by atoms with Gasteiger partial charge in [-0.25, -0.2) is 4.98 Å². The van der Waals surface area contributed by atoms with Crippen molar-refractivity contribution >= 4 is 28.5 Å². The minimum absolute atomic E-state index is 0.0595. The molecule has 3 N–H and O–H groups in total. The van der Waals surface area contributed by atoms with Crippen LogP contribution in [0.5, 0.6) is 5.75 Å². The summed E-state index contributed by atoms with van der Waals surface area (Å²) in [6.07, 6.45) is 1.96. The molecule has 176 valence electrons. The van der Waals surface area contributed by atoms with E-state index in [0.717, 1.165) is 16.5 Å². The van der Waals surface area contributed by atoms with Gasteiger partial charge in [0.2, 0.25) is 0 Å². The summed E-state index contributed by atoms with van der Waals surface area (Å²) in [6.45, 7) is 5.16. The quantitative estimate of drug-likeness (QED) is 0.340. The Kier molecular flexibility index (Phi) is 7.57. The first-order valence-corrected chi connectivity index (χ1v) is 12.3. The van der Waals surface area contributed by atoms with Gasteiger partial charge in [0.1, 0.15) is 40.4 Å². The van der Waals surface area contributed by atoms with Crippen molar-refractivity contribution < 1.29 is 9.47 Å². The number of hydrogen-bond acceptors (Lipinski definition) is 7. The molecule has 1 fully saturated rings. The molecule has 2 aromatic carbocycles. The van der Waals surface area contributed by atoms with Gasteiger partial charge in [-0.15, -0.1) is 11.8 Å². The normalized spacial score (nSPS) is 12.7. The van der Waals surface area contributed by atoms with Gasteiger partial charge in [0.25, 0.3) is 0 Å². The summed E-state index contributed by atoms with van der Waals surface area (Å²) in [7, 11) is 0. The first-order valence-electron chi connectivity index (χ1n) is 11.3. The van der Waals surface area contributed by atoms with Crippen LogP contribution in [0.2, 0.25) is 0 Å². The van der Waals surface area contributed by atoms with Gasteiger partial charge < -0.3 is 20.2 Å². The molecule has 1 aliphatic rings. The molecule has 8 heteroatoms. The largest absolute Gasteiger partial charge is 0.486 e. The highest BCUT2D eigenvalue weighted by Crippen LogP contribution is 2.37. The molecule has 35 heavy (non-hydrogen) atoms. The van der Waals surface area contributed by atoms with E-state index in [1.54, 1.807) is 0 Å². The molecule has 0 bridgehead atoms. The third-order valence-electron chi connectivity index (χ3n) is 5.52. The average Bonchev–Trinajstić information content (AvgIpc) is 3.36. The molecule has 0 atom stereocenters. The maximum absolute atomic E-state index is 10.0. The molecule has 0 spiro atoms. The smallest absolute Gasteiger partial charge is 0.145 e. The molecule has 1 saturated heterocycles. The minimum atomic E-state index is 0.0595. The Labute approximate surface area is 208 Å². The highest BCUT2D eigenvalue weighted by molar-refractivity contribution is 7.98. The summed E-state index contributed by atoms with van der Waals surface area (Å²) >= 11 is 1.43. The van der Waals surface area contributed by atoms with Gasteiger partial charge in [-0.2, -0.15) is 10.5 Å². The molecule has 5 rings (SSSR count). The SMILES string of the molecule is CC.N#Cc1c(N)nc(SCc2cccc3[nH]ccc23)c(C#N)c1-c1ccc(OC2COC2)cc1. The van der Waals surface area contributed by atoms with Crippen molar-refractivity contribution in [2.75, 3.05) is 18.9 Å². The second-order valence-electron chi connectivity index (χ2n) is 7.60. The second kappa shape index (κ2) is 11.0. The van der Waals surface area contributed by atoms with Crippen LogP contribution in [0.4, 0.5) is 5.82 Å². The van der Waals surface area contributed by atoms with Crippen LogP contribution in [-0.2, 0) is 10.5 Å². The zero-order chi connectivity index (χ0) is 24.8. The Balaban J connectivity index is 0.00000141. The van der Waals surface area contributed by atoms with Crippen LogP contribution in [0.3, 0.4) is 0 Å². The van der Waals surface area contributed by atoms with Gasteiger partial charge in [0, 0.05) is 28.4 Å². The molecule has 2 aromatic heterocycles. The summed E-state index contributed by atoms with van der Waals surface area (Å²) in [5, 5.41) is 21.4. The Morgan fingerprint density at radius 1 is 1.09 bits per heavy atom. The summed E-state index contributed by atoms with van der Waals surface area (Å²) < 4.78 is 11.0. The number of nitrogen functional groups attached to an aromatic ring is 1. The van der Waals surface area contributed by atoms with E-state index >= 15 is 0 Å². The number of nitrogens with zero attached hydrogens (tertiary/aromatic N) is 3. The number of H-pyrrole nitrogens is 1. The highest BCUT2D eigenvalue weighted by atomic mass is 32.2. The minimum Gasteiger partial charge on any atom is -0.486 e. The molecule has 0 unspecified atom stereocenters. The van der Waals surface area contributed by atoms with E-state index in [1.165, 1.54) is 11.8 Å². The van der Waals surface area contributed by atoms with Gasteiger partial charge in [-0.3, -0.25) is 0 Å². The van der Waals surface area contributed by atoms with Crippen molar-refractivity contribution in [3.8, 4) is 29.0 Å². The number of ether oxygens (including phenoxy) is 2. The van der Waals surface area contributed by atoms with Crippen LogP contribution < -0.4 is 10.5 Å². The Morgan fingerprint density at radius 2 is 1.83 bits per heavy atom. The monoisotopic (exact) mass is 483 g/mol. The lowest BCUT2D eigenvalue weighted by atomic mass is 9.97. The van der Waals surface area contributed by atoms with Crippen molar-refractivity contribution in [2.24, 2.45) is 0 Å². The van der Waals surface area contributed by atoms with Crippen LogP contribution in [-0.4, -0.2) is 29.3 Å². The third-order valence-corrected chi connectivity index (χ3v) is 6.54. The average molecular weight is 484 g/mol. The number of rotatable bonds is 6. The Hall–Kier alpha value is -3.98. The van der Waals surface area contributed by atoms with E-state index in [-0.39, 0.29) is 17.5 Å². The predicted octanol–water partition coefficient (Wildman–Crippen LogP) is 5.65. The summed E-state index contributed by atoms with van der Waals surface area (Å²) in [4.78, 5) is 7.62. The first kappa shape index (κ1) is 24.2. The number of benzene rings is 2. The van der Waals surface area contributed by atoms with E-state index in [9.17, 15) is 10.5 Å².